The van der Waals surface area contributed by atoms with Gasteiger partial charge in [0.05, 0.1) is 11.9 Å². The molecule has 0 saturated heterocycles. The molecule has 1 unspecified atom stereocenters. The largest absolute Gasteiger partial charge is 0.497 e. The zero-order valence-corrected chi connectivity index (χ0v) is 13.4. The molecular formula is C14H11BrFIO. The van der Waals surface area contributed by atoms with Crippen molar-refractivity contribution in [1.29, 1.82) is 0 Å². The van der Waals surface area contributed by atoms with Crippen molar-refractivity contribution in [2.45, 2.75) is 4.83 Å². The van der Waals surface area contributed by atoms with Crippen LogP contribution in [0, 0.1) is 9.39 Å². The fourth-order valence-electron chi connectivity index (χ4n) is 1.66. The molecule has 1 nitrogen and oxygen atoms in total. The molecule has 0 aromatic heterocycles. The monoisotopic (exact) mass is 420 g/mol. The summed E-state index contributed by atoms with van der Waals surface area (Å²) in [6.07, 6.45) is 0. The summed E-state index contributed by atoms with van der Waals surface area (Å²) in [6, 6.07) is 12.7. The minimum Gasteiger partial charge on any atom is -0.497 e. The smallest absolute Gasteiger partial charge is 0.124 e. The number of methoxy groups -OCH3 is 1. The molecule has 0 fully saturated rings. The lowest BCUT2D eigenvalue weighted by Crippen LogP contribution is -1.96. The van der Waals surface area contributed by atoms with Gasteiger partial charge in [0.1, 0.15) is 11.6 Å². The normalized spacial score (nSPS) is 12.2. The van der Waals surface area contributed by atoms with Crippen LogP contribution in [0.5, 0.6) is 5.75 Å². The Morgan fingerprint density at radius 3 is 2.39 bits per heavy atom. The molecule has 0 aliphatic heterocycles. The van der Waals surface area contributed by atoms with Gasteiger partial charge >= 0.3 is 0 Å². The first-order chi connectivity index (χ1) is 8.61. The van der Waals surface area contributed by atoms with Crippen LogP contribution < -0.4 is 4.74 Å². The van der Waals surface area contributed by atoms with E-state index in [-0.39, 0.29) is 10.6 Å². The average molecular weight is 421 g/mol. The molecule has 4 heteroatoms. The second-order valence-corrected chi connectivity index (χ2v) is 5.88. The summed E-state index contributed by atoms with van der Waals surface area (Å²) in [5.41, 5.74) is 2.17. The van der Waals surface area contributed by atoms with E-state index in [1.54, 1.807) is 13.2 Å². The van der Waals surface area contributed by atoms with Gasteiger partial charge in [-0.05, 0) is 58.0 Å². The molecule has 0 N–H and O–H groups in total. The number of ether oxygens (including phenoxy) is 1. The van der Waals surface area contributed by atoms with Crippen molar-refractivity contribution >= 4 is 38.5 Å². The van der Waals surface area contributed by atoms with Crippen LogP contribution in [0.4, 0.5) is 4.39 Å². The highest BCUT2D eigenvalue weighted by Crippen LogP contribution is 2.34. The predicted octanol–water partition coefficient (Wildman–Crippen LogP) is 4.92. The molecule has 1 atom stereocenters. The molecule has 94 valence electrons. The van der Waals surface area contributed by atoms with Crippen molar-refractivity contribution in [3.63, 3.8) is 0 Å². The zero-order chi connectivity index (χ0) is 13.1. The second kappa shape index (κ2) is 6.02. The lowest BCUT2D eigenvalue weighted by atomic mass is 10.0. The molecule has 0 radical (unpaired) electrons. The van der Waals surface area contributed by atoms with Gasteiger partial charge in [0.2, 0.25) is 0 Å². The first-order valence-electron chi connectivity index (χ1n) is 5.35. The Bertz CT molecular complexity index is 542. The lowest BCUT2D eigenvalue weighted by Gasteiger charge is -2.13. The third-order valence-electron chi connectivity index (χ3n) is 2.64. The van der Waals surface area contributed by atoms with Gasteiger partial charge in [0.15, 0.2) is 0 Å². The van der Waals surface area contributed by atoms with Crippen molar-refractivity contribution < 1.29 is 9.13 Å². The van der Waals surface area contributed by atoms with Crippen molar-refractivity contribution in [2.24, 2.45) is 0 Å². The van der Waals surface area contributed by atoms with Gasteiger partial charge in [-0.25, -0.2) is 4.39 Å². The maximum absolute atomic E-state index is 13.1. The summed E-state index contributed by atoms with van der Waals surface area (Å²) in [5.74, 6) is 0.616. The standard InChI is InChI=1S/C14H11BrFIO/c1-18-11-5-2-9(3-6-11)14(15)12-7-4-10(16)8-13(12)17/h2-8,14H,1H3. The molecule has 0 aliphatic rings. The van der Waals surface area contributed by atoms with Crippen molar-refractivity contribution in [3.05, 3.63) is 63.0 Å². The highest BCUT2D eigenvalue weighted by Gasteiger charge is 2.13. The molecule has 2 aromatic rings. The molecular weight excluding hydrogens is 410 g/mol. The van der Waals surface area contributed by atoms with Crippen LogP contribution in [0.3, 0.4) is 0 Å². The Hall–Kier alpha value is -0.620. The van der Waals surface area contributed by atoms with E-state index >= 15 is 0 Å². The molecule has 0 aliphatic carbocycles. The van der Waals surface area contributed by atoms with Gasteiger partial charge in [-0.3, -0.25) is 0 Å². The van der Waals surface area contributed by atoms with Gasteiger partial charge in [0, 0.05) is 3.57 Å². The molecule has 0 saturated carbocycles. The SMILES string of the molecule is COc1ccc(C(Br)c2ccc(F)cc2I)cc1. The van der Waals surface area contributed by atoms with Gasteiger partial charge in [-0.2, -0.15) is 0 Å². The summed E-state index contributed by atoms with van der Waals surface area (Å²) < 4.78 is 19.1. The molecule has 2 aromatic carbocycles. The number of benzene rings is 2. The van der Waals surface area contributed by atoms with Crippen LogP contribution in [0.25, 0.3) is 0 Å². The van der Waals surface area contributed by atoms with Gasteiger partial charge in [-0.15, -0.1) is 0 Å². The summed E-state index contributed by atoms with van der Waals surface area (Å²) >= 11 is 5.80. The first-order valence-corrected chi connectivity index (χ1v) is 7.34. The fraction of sp³-hybridized carbons (Fsp3) is 0.143. The van der Waals surface area contributed by atoms with E-state index in [4.69, 9.17) is 4.74 Å². The van der Waals surface area contributed by atoms with E-state index in [1.807, 2.05) is 24.3 Å². The van der Waals surface area contributed by atoms with E-state index in [1.165, 1.54) is 12.1 Å². The highest BCUT2D eigenvalue weighted by molar-refractivity contribution is 14.1. The van der Waals surface area contributed by atoms with Crippen LogP contribution in [0.2, 0.25) is 0 Å². The zero-order valence-electron chi connectivity index (χ0n) is 9.66. The predicted molar refractivity (Wildman–Crippen MR) is 82.9 cm³/mol. The topological polar surface area (TPSA) is 9.23 Å². The van der Waals surface area contributed by atoms with E-state index in [0.717, 1.165) is 20.4 Å². The molecule has 0 bridgehead atoms. The number of hydrogen-bond donors (Lipinski definition) is 0. The molecule has 18 heavy (non-hydrogen) atoms. The third kappa shape index (κ3) is 3.03. The van der Waals surface area contributed by atoms with E-state index < -0.39 is 0 Å². The Morgan fingerprint density at radius 2 is 1.83 bits per heavy atom. The molecule has 0 amide bonds. The van der Waals surface area contributed by atoms with Crippen LogP contribution in [-0.2, 0) is 0 Å². The van der Waals surface area contributed by atoms with Crippen LogP contribution in [0.1, 0.15) is 16.0 Å². The Kier molecular flexibility index (Phi) is 4.61. The van der Waals surface area contributed by atoms with Gasteiger partial charge in [-0.1, -0.05) is 34.1 Å². The number of halogens is 3. The van der Waals surface area contributed by atoms with Crippen molar-refractivity contribution in [2.75, 3.05) is 7.11 Å². The Morgan fingerprint density at radius 1 is 1.17 bits per heavy atom. The van der Waals surface area contributed by atoms with Crippen LogP contribution in [-0.4, -0.2) is 7.11 Å². The molecule has 2 rings (SSSR count). The van der Waals surface area contributed by atoms with Crippen LogP contribution >= 0.6 is 38.5 Å². The minimum atomic E-state index is -0.211. The second-order valence-electron chi connectivity index (χ2n) is 3.80. The third-order valence-corrected chi connectivity index (χ3v) is 4.60. The Labute approximate surface area is 128 Å². The summed E-state index contributed by atoms with van der Waals surface area (Å²) in [7, 11) is 1.64. The van der Waals surface area contributed by atoms with Crippen LogP contribution in [0.15, 0.2) is 42.5 Å². The number of rotatable bonds is 3. The average Bonchev–Trinajstić information content (AvgIpc) is 2.38. The van der Waals surface area contributed by atoms with Crippen molar-refractivity contribution in [3.8, 4) is 5.75 Å². The Balaban J connectivity index is 2.31. The fourth-order valence-corrected chi connectivity index (χ4v) is 3.58. The number of hydrogen-bond acceptors (Lipinski definition) is 1. The molecule has 0 spiro atoms. The maximum Gasteiger partial charge on any atom is 0.124 e. The lowest BCUT2D eigenvalue weighted by molar-refractivity contribution is 0.414. The van der Waals surface area contributed by atoms with Gasteiger partial charge < -0.3 is 4.74 Å². The van der Waals surface area contributed by atoms with Gasteiger partial charge in [0.25, 0.3) is 0 Å². The van der Waals surface area contributed by atoms with E-state index in [2.05, 4.69) is 38.5 Å². The summed E-state index contributed by atoms with van der Waals surface area (Å²) in [4.78, 5) is 0.0518. The number of alkyl halides is 1. The molecule has 0 heterocycles. The summed E-state index contributed by atoms with van der Waals surface area (Å²) in [6.45, 7) is 0. The maximum atomic E-state index is 13.1. The van der Waals surface area contributed by atoms with E-state index in [9.17, 15) is 4.39 Å². The minimum absolute atomic E-state index is 0.0518. The quantitative estimate of drug-likeness (QED) is 0.505. The highest BCUT2D eigenvalue weighted by atomic mass is 127. The summed E-state index contributed by atoms with van der Waals surface area (Å²) in [5, 5.41) is 0. The first kappa shape index (κ1) is 13.8. The van der Waals surface area contributed by atoms with E-state index in [0.29, 0.717) is 0 Å². The van der Waals surface area contributed by atoms with Crippen molar-refractivity contribution in [1.82, 2.24) is 0 Å².